The molecule has 0 fully saturated rings. The molecule has 1 N–H and O–H groups in total. The molecule has 1 amide bonds. The zero-order chi connectivity index (χ0) is 13.4. The van der Waals surface area contributed by atoms with Crippen LogP contribution >= 0.6 is 0 Å². The Bertz CT molecular complexity index is 357. The van der Waals surface area contributed by atoms with Gasteiger partial charge in [0.05, 0.1) is 13.2 Å². The van der Waals surface area contributed by atoms with Gasteiger partial charge in [0.15, 0.2) is 0 Å². The van der Waals surface area contributed by atoms with Crippen LogP contribution in [0, 0.1) is 0 Å². The number of amides is 1. The summed E-state index contributed by atoms with van der Waals surface area (Å²) in [6.45, 7) is -0.962. The first-order valence-electron chi connectivity index (χ1n) is 5.84. The Hall–Kier alpha value is -1.49. The number of aliphatic hydroxyl groups is 1. The Balaban J connectivity index is 2.46. The third-order valence-corrected chi connectivity index (χ3v) is 2.55. The van der Waals surface area contributed by atoms with Crippen LogP contribution in [0.3, 0.4) is 0 Å². The predicted octanol–water partition coefficient (Wildman–Crippen LogP) is 1.71. The largest absolute Gasteiger partial charge is 0.395 e. The van der Waals surface area contributed by atoms with Gasteiger partial charge in [0.25, 0.3) is 6.43 Å². The van der Waals surface area contributed by atoms with E-state index in [-0.39, 0.29) is 25.5 Å². The standard InChI is InChI=1S/C13H17F2NO2/c14-12(15)10-16(8-9-17)13(18)7-6-11-4-2-1-3-5-11/h1-5,12,17H,6-10H2. The van der Waals surface area contributed by atoms with Gasteiger partial charge in [-0.15, -0.1) is 0 Å². The Morgan fingerprint density at radius 3 is 2.50 bits per heavy atom. The van der Waals surface area contributed by atoms with E-state index in [1.807, 2.05) is 30.3 Å². The number of benzene rings is 1. The summed E-state index contributed by atoms with van der Waals surface area (Å²) in [6.07, 6.45) is -1.88. The van der Waals surface area contributed by atoms with Crippen molar-refractivity contribution < 1.29 is 18.7 Å². The first-order valence-corrected chi connectivity index (χ1v) is 5.84. The molecule has 0 spiro atoms. The van der Waals surface area contributed by atoms with Crippen molar-refractivity contribution in [2.24, 2.45) is 0 Å². The number of aliphatic hydroxyl groups excluding tert-OH is 1. The minimum absolute atomic E-state index is 0.0437. The first kappa shape index (κ1) is 14.6. The molecule has 100 valence electrons. The highest BCUT2D eigenvalue weighted by Gasteiger charge is 2.17. The molecular formula is C13H17F2NO2. The van der Waals surface area contributed by atoms with E-state index in [0.717, 1.165) is 10.5 Å². The fourth-order valence-electron chi connectivity index (χ4n) is 1.66. The smallest absolute Gasteiger partial charge is 0.255 e. The lowest BCUT2D eigenvalue weighted by Crippen LogP contribution is -2.37. The topological polar surface area (TPSA) is 40.5 Å². The summed E-state index contributed by atoms with van der Waals surface area (Å²) in [4.78, 5) is 12.7. The Morgan fingerprint density at radius 2 is 1.94 bits per heavy atom. The molecule has 0 atom stereocenters. The van der Waals surface area contributed by atoms with Crippen molar-refractivity contribution in [2.75, 3.05) is 19.7 Å². The Kier molecular flexibility index (Phi) is 6.28. The van der Waals surface area contributed by atoms with Gasteiger partial charge in [-0.25, -0.2) is 8.78 Å². The lowest BCUT2D eigenvalue weighted by atomic mass is 10.1. The van der Waals surface area contributed by atoms with Crippen molar-refractivity contribution in [1.29, 1.82) is 0 Å². The summed E-state index contributed by atoms with van der Waals surface area (Å²) in [5, 5.41) is 8.74. The van der Waals surface area contributed by atoms with E-state index in [1.165, 1.54) is 0 Å². The maximum absolute atomic E-state index is 12.3. The summed E-state index contributed by atoms with van der Waals surface area (Å²) in [5.74, 6) is -0.354. The number of alkyl halides is 2. The van der Waals surface area contributed by atoms with Gasteiger partial charge in [-0.1, -0.05) is 30.3 Å². The van der Waals surface area contributed by atoms with Crippen LogP contribution in [0.2, 0.25) is 0 Å². The molecule has 0 aromatic heterocycles. The third kappa shape index (κ3) is 5.23. The number of aryl methyl sites for hydroxylation is 1. The molecule has 0 aliphatic carbocycles. The van der Waals surface area contributed by atoms with Crippen molar-refractivity contribution in [1.82, 2.24) is 4.90 Å². The number of halogens is 2. The fraction of sp³-hybridized carbons (Fsp3) is 0.462. The number of rotatable bonds is 7. The van der Waals surface area contributed by atoms with E-state index in [4.69, 9.17) is 5.11 Å². The maximum Gasteiger partial charge on any atom is 0.255 e. The second-order valence-corrected chi connectivity index (χ2v) is 3.94. The number of nitrogens with zero attached hydrogens (tertiary/aromatic N) is 1. The molecule has 1 aromatic carbocycles. The molecule has 0 aliphatic heterocycles. The molecular weight excluding hydrogens is 240 g/mol. The molecule has 3 nitrogen and oxygen atoms in total. The third-order valence-electron chi connectivity index (χ3n) is 2.55. The molecule has 0 saturated heterocycles. The van der Waals surface area contributed by atoms with E-state index in [1.54, 1.807) is 0 Å². The van der Waals surface area contributed by atoms with Gasteiger partial charge in [-0.05, 0) is 12.0 Å². The van der Waals surface area contributed by atoms with Gasteiger partial charge in [0, 0.05) is 13.0 Å². The number of carbonyl (C=O) groups excluding carboxylic acids is 1. The average molecular weight is 257 g/mol. The highest BCUT2D eigenvalue weighted by Crippen LogP contribution is 2.06. The van der Waals surface area contributed by atoms with Crippen molar-refractivity contribution in [2.45, 2.75) is 19.3 Å². The summed E-state index contributed by atoms with van der Waals surface area (Å²) in [5.41, 5.74) is 0.992. The molecule has 0 heterocycles. The predicted molar refractivity (Wildman–Crippen MR) is 64.4 cm³/mol. The molecule has 0 aliphatic rings. The van der Waals surface area contributed by atoms with Gasteiger partial charge in [-0.3, -0.25) is 4.79 Å². The zero-order valence-corrected chi connectivity index (χ0v) is 10.1. The molecule has 1 aromatic rings. The van der Waals surface area contributed by atoms with Gasteiger partial charge < -0.3 is 10.0 Å². The van der Waals surface area contributed by atoms with E-state index in [9.17, 15) is 13.6 Å². The van der Waals surface area contributed by atoms with Gasteiger partial charge in [-0.2, -0.15) is 0 Å². The quantitative estimate of drug-likeness (QED) is 0.807. The highest BCUT2D eigenvalue weighted by molar-refractivity contribution is 5.76. The normalized spacial score (nSPS) is 10.7. The van der Waals surface area contributed by atoms with E-state index >= 15 is 0 Å². The van der Waals surface area contributed by atoms with Crippen LogP contribution in [-0.4, -0.2) is 42.0 Å². The molecule has 0 radical (unpaired) electrons. The van der Waals surface area contributed by atoms with Crippen LogP contribution in [0.25, 0.3) is 0 Å². The molecule has 1 rings (SSSR count). The van der Waals surface area contributed by atoms with Crippen LogP contribution in [0.15, 0.2) is 30.3 Å². The molecule has 0 saturated carbocycles. The second kappa shape index (κ2) is 7.76. The van der Waals surface area contributed by atoms with Crippen molar-refractivity contribution in [3.8, 4) is 0 Å². The minimum Gasteiger partial charge on any atom is -0.395 e. The Labute approximate surface area is 105 Å². The number of carbonyl (C=O) groups is 1. The summed E-state index contributed by atoms with van der Waals surface area (Å²) in [7, 11) is 0. The van der Waals surface area contributed by atoms with Crippen LogP contribution < -0.4 is 0 Å². The summed E-state index contributed by atoms with van der Waals surface area (Å²) >= 11 is 0. The fourth-order valence-corrected chi connectivity index (χ4v) is 1.66. The van der Waals surface area contributed by atoms with Crippen LogP contribution in [0.4, 0.5) is 8.78 Å². The van der Waals surface area contributed by atoms with Crippen molar-refractivity contribution >= 4 is 5.91 Å². The van der Waals surface area contributed by atoms with Crippen molar-refractivity contribution in [3.63, 3.8) is 0 Å². The minimum atomic E-state index is -2.57. The molecule has 0 unspecified atom stereocenters. The van der Waals surface area contributed by atoms with Gasteiger partial charge in [0.2, 0.25) is 5.91 Å². The second-order valence-electron chi connectivity index (χ2n) is 3.94. The molecule has 0 bridgehead atoms. The molecule has 18 heavy (non-hydrogen) atoms. The zero-order valence-electron chi connectivity index (χ0n) is 10.1. The first-order chi connectivity index (χ1) is 8.63. The van der Waals surface area contributed by atoms with Gasteiger partial charge in [0.1, 0.15) is 0 Å². The lowest BCUT2D eigenvalue weighted by molar-refractivity contribution is -0.133. The Morgan fingerprint density at radius 1 is 1.28 bits per heavy atom. The maximum atomic E-state index is 12.3. The summed E-state index contributed by atoms with van der Waals surface area (Å²) < 4.78 is 24.5. The van der Waals surface area contributed by atoms with Crippen LogP contribution in [0.1, 0.15) is 12.0 Å². The number of hydrogen-bond acceptors (Lipinski definition) is 2. The van der Waals surface area contributed by atoms with Crippen molar-refractivity contribution in [3.05, 3.63) is 35.9 Å². The average Bonchev–Trinajstić information content (AvgIpc) is 2.36. The number of hydrogen-bond donors (Lipinski definition) is 1. The monoisotopic (exact) mass is 257 g/mol. The molecule has 5 heteroatoms. The van der Waals surface area contributed by atoms with Crippen LogP contribution in [0.5, 0.6) is 0 Å². The van der Waals surface area contributed by atoms with E-state index < -0.39 is 13.0 Å². The SMILES string of the molecule is O=C(CCc1ccccc1)N(CCO)CC(F)F. The van der Waals surface area contributed by atoms with Crippen LogP contribution in [-0.2, 0) is 11.2 Å². The lowest BCUT2D eigenvalue weighted by Gasteiger charge is -2.21. The highest BCUT2D eigenvalue weighted by atomic mass is 19.3. The van der Waals surface area contributed by atoms with E-state index in [2.05, 4.69) is 0 Å². The van der Waals surface area contributed by atoms with Gasteiger partial charge >= 0.3 is 0 Å². The van der Waals surface area contributed by atoms with E-state index in [0.29, 0.717) is 6.42 Å². The summed E-state index contributed by atoms with van der Waals surface area (Å²) in [6, 6.07) is 9.38.